The van der Waals surface area contributed by atoms with Gasteiger partial charge in [-0.05, 0) is 25.5 Å². The Morgan fingerprint density at radius 1 is 1.35 bits per heavy atom. The second-order valence-corrected chi connectivity index (χ2v) is 8.26. The maximum atomic E-state index is 11.4. The molecule has 0 bridgehead atoms. The van der Waals surface area contributed by atoms with Gasteiger partial charge in [-0.15, -0.1) is 22.0 Å². The molecule has 3 rings (SSSR count). The van der Waals surface area contributed by atoms with Crippen molar-refractivity contribution in [1.29, 1.82) is 0 Å². The van der Waals surface area contributed by atoms with E-state index in [2.05, 4.69) is 10.2 Å². The topological polar surface area (TPSA) is 86.2 Å². The summed E-state index contributed by atoms with van der Waals surface area (Å²) in [6, 6.07) is 3.61. The molecule has 0 saturated carbocycles. The van der Waals surface area contributed by atoms with Gasteiger partial charge in [0, 0.05) is 5.25 Å². The zero-order chi connectivity index (χ0) is 14.2. The van der Waals surface area contributed by atoms with Crippen LogP contribution in [0, 0.1) is 6.92 Å². The molecule has 0 radical (unpaired) electrons. The monoisotopic (exact) mass is 314 g/mol. The van der Waals surface area contributed by atoms with Crippen LogP contribution < -0.4 is 0 Å². The van der Waals surface area contributed by atoms with Crippen LogP contribution in [0.5, 0.6) is 0 Å². The molecule has 20 heavy (non-hydrogen) atoms. The number of hydrogen-bond acceptors (Lipinski definition) is 7. The van der Waals surface area contributed by atoms with Crippen LogP contribution in [-0.4, -0.2) is 35.4 Å². The second-order valence-electron chi connectivity index (χ2n) is 4.75. The summed E-state index contributed by atoms with van der Waals surface area (Å²) in [5, 5.41) is 8.01. The van der Waals surface area contributed by atoms with Gasteiger partial charge in [-0.2, -0.15) is 0 Å². The molecule has 8 heteroatoms. The molecule has 0 spiro atoms. The van der Waals surface area contributed by atoms with E-state index in [1.54, 1.807) is 17.8 Å². The molecule has 0 aliphatic carbocycles. The second kappa shape index (κ2) is 5.25. The summed E-state index contributed by atoms with van der Waals surface area (Å²) in [7, 11) is -2.84. The van der Waals surface area contributed by atoms with E-state index >= 15 is 0 Å². The minimum absolute atomic E-state index is 0.126. The van der Waals surface area contributed by atoms with Crippen LogP contribution in [-0.2, 0) is 15.6 Å². The highest BCUT2D eigenvalue weighted by Gasteiger charge is 2.28. The van der Waals surface area contributed by atoms with Gasteiger partial charge in [0.25, 0.3) is 5.89 Å². The lowest BCUT2D eigenvalue weighted by Crippen LogP contribution is -2.06. The summed E-state index contributed by atoms with van der Waals surface area (Å²) in [6.45, 7) is 1.84. The number of sulfone groups is 1. The molecule has 1 fully saturated rings. The van der Waals surface area contributed by atoms with E-state index in [0.29, 0.717) is 29.7 Å². The first-order valence-electron chi connectivity index (χ1n) is 6.23. The Kier molecular flexibility index (Phi) is 3.59. The SMILES string of the molecule is Cc1ccc(-c2nnc(CS[C@H]3CCS(=O)(=O)C3)o2)o1. The highest BCUT2D eigenvalue weighted by Crippen LogP contribution is 2.28. The summed E-state index contributed by atoms with van der Waals surface area (Å²) in [4.78, 5) is 0. The molecule has 0 aromatic carbocycles. The highest BCUT2D eigenvalue weighted by molar-refractivity contribution is 8.01. The first-order valence-corrected chi connectivity index (χ1v) is 9.10. The molecule has 3 heterocycles. The molecule has 1 aliphatic rings. The Morgan fingerprint density at radius 2 is 2.20 bits per heavy atom. The average molecular weight is 314 g/mol. The van der Waals surface area contributed by atoms with Gasteiger partial charge < -0.3 is 8.83 Å². The van der Waals surface area contributed by atoms with Crippen molar-refractivity contribution in [2.24, 2.45) is 0 Å². The van der Waals surface area contributed by atoms with Gasteiger partial charge in [-0.25, -0.2) is 8.42 Å². The van der Waals surface area contributed by atoms with E-state index < -0.39 is 9.84 Å². The van der Waals surface area contributed by atoms with Crippen LogP contribution in [0.2, 0.25) is 0 Å². The number of nitrogens with zero attached hydrogens (tertiary/aromatic N) is 2. The number of thioether (sulfide) groups is 1. The molecular weight excluding hydrogens is 300 g/mol. The van der Waals surface area contributed by atoms with Gasteiger partial charge in [0.15, 0.2) is 15.6 Å². The summed E-state index contributed by atoms with van der Waals surface area (Å²) >= 11 is 1.55. The lowest BCUT2D eigenvalue weighted by Gasteiger charge is -2.03. The van der Waals surface area contributed by atoms with Crippen molar-refractivity contribution in [2.75, 3.05) is 11.5 Å². The van der Waals surface area contributed by atoms with Crippen LogP contribution in [0.3, 0.4) is 0 Å². The number of hydrogen-bond donors (Lipinski definition) is 0. The lowest BCUT2D eigenvalue weighted by molar-refractivity contribution is 0.484. The molecule has 1 saturated heterocycles. The highest BCUT2D eigenvalue weighted by atomic mass is 32.2. The smallest absolute Gasteiger partial charge is 0.283 e. The van der Waals surface area contributed by atoms with Crippen molar-refractivity contribution in [2.45, 2.75) is 24.3 Å². The molecule has 2 aromatic rings. The van der Waals surface area contributed by atoms with Crippen LogP contribution in [0.4, 0.5) is 0 Å². The minimum Gasteiger partial charge on any atom is -0.456 e. The lowest BCUT2D eigenvalue weighted by atomic mass is 10.4. The molecule has 1 atom stereocenters. The Balaban J connectivity index is 1.61. The van der Waals surface area contributed by atoms with Crippen molar-refractivity contribution in [3.63, 3.8) is 0 Å². The molecule has 6 nitrogen and oxygen atoms in total. The zero-order valence-corrected chi connectivity index (χ0v) is 12.5. The van der Waals surface area contributed by atoms with E-state index in [-0.39, 0.29) is 16.8 Å². The van der Waals surface area contributed by atoms with Crippen molar-refractivity contribution >= 4 is 21.6 Å². The third-order valence-corrected chi connectivity index (χ3v) is 6.32. The van der Waals surface area contributed by atoms with Crippen molar-refractivity contribution in [3.05, 3.63) is 23.8 Å². The largest absolute Gasteiger partial charge is 0.456 e. The maximum Gasteiger partial charge on any atom is 0.283 e. The molecule has 0 amide bonds. The Morgan fingerprint density at radius 3 is 2.85 bits per heavy atom. The summed E-state index contributed by atoms with van der Waals surface area (Å²) in [5.74, 6) is 3.23. The number of furan rings is 1. The van der Waals surface area contributed by atoms with Gasteiger partial charge in [-0.3, -0.25) is 0 Å². The predicted molar refractivity (Wildman–Crippen MR) is 75.1 cm³/mol. The summed E-state index contributed by atoms with van der Waals surface area (Å²) in [6.07, 6.45) is 0.700. The van der Waals surface area contributed by atoms with E-state index in [1.807, 2.05) is 13.0 Å². The van der Waals surface area contributed by atoms with Crippen molar-refractivity contribution in [1.82, 2.24) is 10.2 Å². The molecular formula is C12H14N2O4S2. The average Bonchev–Trinajstić information content (AvgIpc) is 3.06. The van der Waals surface area contributed by atoms with Gasteiger partial charge in [0.05, 0.1) is 17.3 Å². The molecule has 108 valence electrons. The number of aryl methyl sites for hydroxylation is 1. The zero-order valence-electron chi connectivity index (χ0n) is 10.9. The summed E-state index contributed by atoms with van der Waals surface area (Å²) < 4.78 is 33.6. The third-order valence-electron chi connectivity index (χ3n) is 3.05. The predicted octanol–water partition coefficient (Wildman–Crippen LogP) is 2.06. The van der Waals surface area contributed by atoms with E-state index in [4.69, 9.17) is 8.83 Å². The minimum atomic E-state index is -2.84. The van der Waals surface area contributed by atoms with Crippen molar-refractivity contribution in [3.8, 4) is 11.7 Å². The first kappa shape index (κ1) is 13.7. The van der Waals surface area contributed by atoms with E-state index in [9.17, 15) is 8.42 Å². The molecule has 1 aliphatic heterocycles. The normalized spacial score (nSPS) is 21.4. The standard InChI is InChI=1S/C12H14N2O4S2/c1-8-2-3-10(17-8)12-14-13-11(18-12)6-19-9-4-5-20(15,16)7-9/h2-3,9H,4-7H2,1H3/t9-/m0/s1. The molecule has 0 N–H and O–H groups in total. The van der Waals surface area contributed by atoms with Gasteiger partial charge in [0.1, 0.15) is 5.76 Å². The Bertz CT molecular complexity index is 705. The first-order chi connectivity index (χ1) is 9.52. The molecule has 2 aromatic heterocycles. The van der Waals surface area contributed by atoms with Crippen LogP contribution in [0.25, 0.3) is 11.7 Å². The Hall–Kier alpha value is -1.28. The van der Waals surface area contributed by atoms with Gasteiger partial charge in [-0.1, -0.05) is 0 Å². The number of aromatic nitrogens is 2. The summed E-state index contributed by atoms with van der Waals surface area (Å²) in [5.41, 5.74) is 0. The quantitative estimate of drug-likeness (QED) is 0.853. The maximum absolute atomic E-state index is 11.4. The fraction of sp³-hybridized carbons (Fsp3) is 0.500. The fourth-order valence-corrected chi connectivity index (χ4v) is 5.52. The van der Waals surface area contributed by atoms with E-state index in [1.165, 1.54) is 0 Å². The third kappa shape index (κ3) is 3.06. The van der Waals surface area contributed by atoms with E-state index in [0.717, 1.165) is 5.76 Å². The van der Waals surface area contributed by atoms with Crippen LogP contribution in [0.15, 0.2) is 21.0 Å². The van der Waals surface area contributed by atoms with Gasteiger partial charge in [0.2, 0.25) is 5.89 Å². The fourth-order valence-electron chi connectivity index (χ4n) is 2.04. The number of rotatable bonds is 4. The van der Waals surface area contributed by atoms with Crippen LogP contribution >= 0.6 is 11.8 Å². The molecule has 0 unspecified atom stereocenters. The Labute approximate surface area is 120 Å². The van der Waals surface area contributed by atoms with Crippen LogP contribution in [0.1, 0.15) is 18.1 Å². The van der Waals surface area contributed by atoms with Gasteiger partial charge >= 0.3 is 0 Å². The van der Waals surface area contributed by atoms with Crippen molar-refractivity contribution < 1.29 is 17.3 Å².